The number of halogens is 1. The van der Waals surface area contributed by atoms with Crippen LogP contribution in [0.2, 0.25) is 0 Å². The molecule has 7 heteroatoms. The van der Waals surface area contributed by atoms with Crippen molar-refractivity contribution in [2.45, 2.75) is 31.8 Å². The van der Waals surface area contributed by atoms with Crippen LogP contribution in [0.25, 0.3) is 0 Å². The van der Waals surface area contributed by atoms with Gasteiger partial charge in [0.05, 0.1) is 0 Å². The molecule has 0 fully saturated rings. The van der Waals surface area contributed by atoms with Crippen molar-refractivity contribution >= 4 is 17.7 Å². The molecule has 122 valence electrons. The standard InChI is InChI=1S/C16H18FN3O3/c1-3-4-13(15(18)22)20-16(23)14(19-10(2)21)9-11-5-7-12(17)8-6-11/h1,5-8,13-14H,4,9H2,2H3,(H2,18,22)(H,19,21)(H,20,23)/t13-,14-/m0/s1. The molecule has 1 aromatic carbocycles. The highest BCUT2D eigenvalue weighted by atomic mass is 19.1. The molecule has 23 heavy (non-hydrogen) atoms. The van der Waals surface area contributed by atoms with Crippen LogP contribution in [0, 0.1) is 18.2 Å². The Bertz CT molecular complexity index is 622. The lowest BCUT2D eigenvalue weighted by Crippen LogP contribution is -2.53. The van der Waals surface area contributed by atoms with Gasteiger partial charge in [-0.3, -0.25) is 14.4 Å². The molecule has 1 rings (SSSR count). The highest BCUT2D eigenvalue weighted by molar-refractivity contribution is 5.91. The predicted molar refractivity (Wildman–Crippen MR) is 82.3 cm³/mol. The van der Waals surface area contributed by atoms with Crippen LogP contribution in [0.5, 0.6) is 0 Å². The molecule has 0 unspecified atom stereocenters. The van der Waals surface area contributed by atoms with Crippen molar-refractivity contribution in [2.75, 3.05) is 0 Å². The van der Waals surface area contributed by atoms with Gasteiger partial charge in [-0.15, -0.1) is 12.3 Å². The van der Waals surface area contributed by atoms with Gasteiger partial charge in [0.15, 0.2) is 0 Å². The minimum absolute atomic E-state index is 0.0512. The molecule has 0 aliphatic rings. The second-order valence-electron chi connectivity index (χ2n) is 4.96. The number of hydrogen-bond acceptors (Lipinski definition) is 3. The van der Waals surface area contributed by atoms with Gasteiger partial charge in [-0.25, -0.2) is 4.39 Å². The average Bonchev–Trinajstić information content (AvgIpc) is 2.47. The maximum atomic E-state index is 12.9. The average molecular weight is 319 g/mol. The van der Waals surface area contributed by atoms with Crippen LogP contribution < -0.4 is 16.4 Å². The van der Waals surface area contributed by atoms with Crippen molar-refractivity contribution in [3.05, 3.63) is 35.6 Å². The van der Waals surface area contributed by atoms with Crippen LogP contribution in [-0.4, -0.2) is 29.8 Å². The van der Waals surface area contributed by atoms with E-state index in [1.165, 1.54) is 31.2 Å². The molecular weight excluding hydrogens is 301 g/mol. The number of carbonyl (C=O) groups is 3. The van der Waals surface area contributed by atoms with Gasteiger partial charge in [-0.1, -0.05) is 12.1 Å². The summed E-state index contributed by atoms with van der Waals surface area (Å²) in [7, 11) is 0. The van der Waals surface area contributed by atoms with Crippen LogP contribution in [0.15, 0.2) is 24.3 Å². The molecule has 0 aromatic heterocycles. The molecule has 0 aliphatic carbocycles. The summed E-state index contributed by atoms with van der Waals surface area (Å²) in [6.45, 7) is 1.26. The van der Waals surface area contributed by atoms with Gasteiger partial charge in [0.1, 0.15) is 17.9 Å². The second kappa shape index (κ2) is 8.54. The minimum Gasteiger partial charge on any atom is -0.368 e. The molecule has 0 saturated carbocycles. The summed E-state index contributed by atoms with van der Waals surface area (Å²) < 4.78 is 12.9. The SMILES string of the molecule is C#CC[C@H](NC(=O)[C@H](Cc1ccc(F)cc1)NC(C)=O)C(N)=O. The molecule has 6 nitrogen and oxygen atoms in total. The van der Waals surface area contributed by atoms with E-state index in [9.17, 15) is 18.8 Å². The number of hydrogen-bond donors (Lipinski definition) is 3. The van der Waals surface area contributed by atoms with Gasteiger partial charge in [-0.05, 0) is 17.7 Å². The molecule has 2 atom stereocenters. The molecule has 0 saturated heterocycles. The summed E-state index contributed by atoms with van der Waals surface area (Å²) in [5, 5.41) is 4.89. The largest absolute Gasteiger partial charge is 0.368 e. The monoisotopic (exact) mass is 319 g/mol. The molecule has 3 amide bonds. The normalized spacial score (nSPS) is 12.6. The number of amides is 3. The van der Waals surface area contributed by atoms with Crippen molar-refractivity contribution < 1.29 is 18.8 Å². The maximum Gasteiger partial charge on any atom is 0.243 e. The first-order chi connectivity index (χ1) is 10.8. The zero-order valence-corrected chi connectivity index (χ0v) is 12.6. The highest BCUT2D eigenvalue weighted by Gasteiger charge is 2.24. The van der Waals surface area contributed by atoms with Crippen molar-refractivity contribution in [3.63, 3.8) is 0 Å². The van der Waals surface area contributed by atoms with Crippen molar-refractivity contribution in [1.82, 2.24) is 10.6 Å². The summed E-state index contributed by atoms with van der Waals surface area (Å²) in [6, 6.07) is 3.56. The number of benzene rings is 1. The van der Waals surface area contributed by atoms with E-state index in [0.29, 0.717) is 5.56 Å². The molecule has 0 aliphatic heterocycles. The summed E-state index contributed by atoms with van der Waals surface area (Å²) in [6.07, 6.45) is 5.20. The van der Waals surface area contributed by atoms with Crippen molar-refractivity contribution in [1.29, 1.82) is 0 Å². The van der Waals surface area contributed by atoms with E-state index in [1.54, 1.807) is 0 Å². The molecule has 0 spiro atoms. The Kier molecular flexibility index (Phi) is 6.74. The van der Waals surface area contributed by atoms with Gasteiger partial charge in [0.25, 0.3) is 0 Å². The van der Waals surface area contributed by atoms with Crippen LogP contribution >= 0.6 is 0 Å². The topological polar surface area (TPSA) is 101 Å². The molecule has 0 radical (unpaired) electrons. The summed E-state index contributed by atoms with van der Waals surface area (Å²) in [5.74, 6) is 0.0652. The smallest absolute Gasteiger partial charge is 0.243 e. The van der Waals surface area contributed by atoms with Crippen LogP contribution in [-0.2, 0) is 20.8 Å². The summed E-state index contributed by atoms with van der Waals surface area (Å²) in [4.78, 5) is 34.8. The van der Waals surface area contributed by atoms with Crippen molar-refractivity contribution in [3.8, 4) is 12.3 Å². The fraction of sp³-hybridized carbons (Fsp3) is 0.312. The second-order valence-corrected chi connectivity index (χ2v) is 4.96. The highest BCUT2D eigenvalue weighted by Crippen LogP contribution is 2.07. The van der Waals surface area contributed by atoms with E-state index >= 15 is 0 Å². The first-order valence-electron chi connectivity index (χ1n) is 6.88. The van der Waals surface area contributed by atoms with Gasteiger partial charge in [0.2, 0.25) is 17.7 Å². The zero-order chi connectivity index (χ0) is 17.4. The fourth-order valence-electron chi connectivity index (χ4n) is 1.92. The Morgan fingerprint density at radius 3 is 2.30 bits per heavy atom. The Labute approximate surface area is 133 Å². The van der Waals surface area contributed by atoms with E-state index in [2.05, 4.69) is 16.6 Å². The lowest BCUT2D eigenvalue weighted by molar-refractivity contribution is -0.130. The number of terminal acetylenes is 1. The van der Waals surface area contributed by atoms with Gasteiger partial charge >= 0.3 is 0 Å². The Balaban J connectivity index is 2.85. The lowest BCUT2D eigenvalue weighted by atomic mass is 10.0. The number of rotatable bonds is 7. The zero-order valence-electron chi connectivity index (χ0n) is 12.6. The minimum atomic E-state index is -1.02. The number of primary amides is 1. The lowest BCUT2D eigenvalue weighted by Gasteiger charge is -2.20. The van der Waals surface area contributed by atoms with E-state index < -0.39 is 35.6 Å². The van der Waals surface area contributed by atoms with Crippen LogP contribution in [0.1, 0.15) is 18.9 Å². The van der Waals surface area contributed by atoms with E-state index in [1.807, 2.05) is 0 Å². The van der Waals surface area contributed by atoms with E-state index in [-0.39, 0.29) is 12.8 Å². The third-order valence-corrected chi connectivity index (χ3v) is 3.03. The first-order valence-corrected chi connectivity index (χ1v) is 6.88. The molecule has 0 heterocycles. The molecule has 0 bridgehead atoms. The first kappa shape index (κ1) is 18.2. The third-order valence-electron chi connectivity index (χ3n) is 3.03. The van der Waals surface area contributed by atoms with Crippen molar-refractivity contribution in [2.24, 2.45) is 5.73 Å². The van der Waals surface area contributed by atoms with E-state index in [4.69, 9.17) is 12.2 Å². The predicted octanol–water partition coefficient (Wildman–Crippen LogP) is -0.134. The van der Waals surface area contributed by atoms with Gasteiger partial charge < -0.3 is 16.4 Å². The van der Waals surface area contributed by atoms with Gasteiger partial charge in [-0.2, -0.15) is 0 Å². The van der Waals surface area contributed by atoms with Crippen LogP contribution in [0.4, 0.5) is 4.39 Å². The molecular formula is C16H18FN3O3. The van der Waals surface area contributed by atoms with Crippen LogP contribution in [0.3, 0.4) is 0 Å². The molecule has 4 N–H and O–H groups in total. The van der Waals surface area contributed by atoms with E-state index in [0.717, 1.165) is 0 Å². The quantitative estimate of drug-likeness (QED) is 0.610. The maximum absolute atomic E-state index is 12.9. The summed E-state index contributed by atoms with van der Waals surface area (Å²) >= 11 is 0. The molecule has 1 aromatic rings. The third kappa shape index (κ3) is 6.18. The summed E-state index contributed by atoms with van der Waals surface area (Å²) in [5.41, 5.74) is 5.81. The number of nitrogens with one attached hydrogen (secondary N) is 2. The Hall–Kier alpha value is -2.88. The fourth-order valence-corrected chi connectivity index (χ4v) is 1.92. The number of nitrogens with two attached hydrogens (primary N) is 1. The Morgan fingerprint density at radius 1 is 1.22 bits per heavy atom. The number of carbonyl (C=O) groups excluding carboxylic acids is 3. The van der Waals surface area contributed by atoms with Gasteiger partial charge in [0, 0.05) is 19.8 Å². The Morgan fingerprint density at radius 2 is 1.83 bits per heavy atom.